The predicted octanol–water partition coefficient (Wildman–Crippen LogP) is 12.3. The molecule has 0 spiro atoms. The number of rotatable bonds is 36. The summed E-state index contributed by atoms with van der Waals surface area (Å²) in [5, 5.41) is 0. The van der Waals surface area contributed by atoms with Gasteiger partial charge in [0.1, 0.15) is 6.61 Å². The fraction of sp³-hybridized carbons (Fsp3) is 0.674. The van der Waals surface area contributed by atoms with Gasteiger partial charge in [0.15, 0.2) is 6.10 Å². The molecule has 0 aliphatic rings. The third kappa shape index (κ3) is 40.3. The third-order valence-corrected chi connectivity index (χ3v) is 8.71. The highest BCUT2D eigenvalue weighted by Crippen LogP contribution is 2.36. The third-order valence-electron chi connectivity index (χ3n) is 8.23. The summed E-state index contributed by atoms with van der Waals surface area (Å²) in [5.74, 6) is -0.945. The van der Waals surface area contributed by atoms with E-state index in [0.717, 1.165) is 77.0 Å². The molecule has 0 saturated carbocycles. The van der Waals surface area contributed by atoms with E-state index in [-0.39, 0.29) is 19.4 Å². The largest absolute Gasteiger partial charge is 0.469 e. The maximum Gasteiger partial charge on any atom is 0.469 e. The van der Waals surface area contributed by atoms with Crippen molar-refractivity contribution in [2.45, 2.75) is 174 Å². The molecule has 298 valence electrons. The first-order valence-corrected chi connectivity index (χ1v) is 21.8. The molecule has 0 aromatic heterocycles. The van der Waals surface area contributed by atoms with Gasteiger partial charge in [-0.25, -0.2) is 4.57 Å². The van der Waals surface area contributed by atoms with Crippen molar-refractivity contribution in [2.75, 3.05) is 13.2 Å². The molecule has 2 N–H and O–H groups in total. The van der Waals surface area contributed by atoms with Crippen molar-refractivity contribution in [1.82, 2.24) is 0 Å². The van der Waals surface area contributed by atoms with Gasteiger partial charge in [-0.1, -0.05) is 145 Å². The number of carbonyl (C=O) groups excluding carboxylic acids is 2. The first-order valence-electron chi connectivity index (χ1n) is 20.2. The minimum atomic E-state index is -4.77. The van der Waals surface area contributed by atoms with Crippen LogP contribution in [0.5, 0.6) is 0 Å². The Morgan fingerprint density at radius 1 is 0.519 bits per heavy atom. The molecule has 0 heterocycles. The second-order valence-electron chi connectivity index (χ2n) is 13.3. The summed E-state index contributed by atoms with van der Waals surface area (Å²) < 4.78 is 26.3. The van der Waals surface area contributed by atoms with Crippen LogP contribution in [0.25, 0.3) is 0 Å². The highest BCUT2D eigenvalue weighted by atomic mass is 31.2. The smallest absolute Gasteiger partial charge is 0.462 e. The number of hydrogen-bond acceptors (Lipinski definition) is 6. The standard InChI is InChI=1S/C43H73O8P/c1-3-5-7-9-11-13-15-17-19-20-21-22-24-25-27-29-31-33-35-37-42(44)49-39-41(40-50-52(46,47)48)51-43(45)38-36-34-32-30-28-26-23-18-16-14-12-10-8-6-4-2/h11,13-14,16-19,21-23,25,27,41H,3-10,12,15,20,24,26,28-40H2,1-2H3,(H2,46,47,48)/b13-11+,16-14+,19-17+,22-21+,23-18+,27-25+/t41-/m1/s1. The first kappa shape index (κ1) is 49.5. The van der Waals surface area contributed by atoms with Crippen LogP contribution in [0, 0.1) is 0 Å². The Bertz CT molecular complexity index is 1070. The van der Waals surface area contributed by atoms with Crippen molar-refractivity contribution in [3.05, 3.63) is 72.9 Å². The topological polar surface area (TPSA) is 119 Å². The monoisotopic (exact) mass is 749 g/mol. The van der Waals surface area contributed by atoms with Gasteiger partial charge in [0.2, 0.25) is 0 Å². The Morgan fingerprint density at radius 2 is 0.923 bits per heavy atom. The zero-order valence-electron chi connectivity index (χ0n) is 32.7. The van der Waals surface area contributed by atoms with E-state index in [1.54, 1.807) is 0 Å². The van der Waals surface area contributed by atoms with Crippen molar-refractivity contribution in [2.24, 2.45) is 0 Å². The number of ether oxygens (including phenoxy) is 2. The van der Waals surface area contributed by atoms with Crippen LogP contribution in [0.2, 0.25) is 0 Å². The Labute approximate surface area is 317 Å². The number of unbranched alkanes of at least 4 members (excludes halogenated alkanes) is 15. The van der Waals surface area contributed by atoms with E-state index in [9.17, 15) is 14.2 Å². The van der Waals surface area contributed by atoms with Gasteiger partial charge >= 0.3 is 19.8 Å². The number of esters is 2. The summed E-state index contributed by atoms with van der Waals surface area (Å²) in [7, 11) is -4.77. The Hall–Kier alpha value is -2.51. The number of phosphoric acid groups is 1. The predicted molar refractivity (Wildman–Crippen MR) is 216 cm³/mol. The van der Waals surface area contributed by atoms with Crippen LogP contribution in [0.15, 0.2) is 72.9 Å². The van der Waals surface area contributed by atoms with Crippen LogP contribution in [0.1, 0.15) is 168 Å². The van der Waals surface area contributed by atoms with E-state index in [1.807, 2.05) is 0 Å². The molecular weight excluding hydrogens is 675 g/mol. The number of phosphoric ester groups is 1. The van der Waals surface area contributed by atoms with Crippen molar-refractivity contribution in [3.8, 4) is 0 Å². The normalized spacial score (nSPS) is 13.2. The van der Waals surface area contributed by atoms with Gasteiger partial charge in [-0.15, -0.1) is 0 Å². The zero-order valence-corrected chi connectivity index (χ0v) is 33.6. The second-order valence-corrected chi connectivity index (χ2v) is 14.5. The highest BCUT2D eigenvalue weighted by molar-refractivity contribution is 7.46. The van der Waals surface area contributed by atoms with Crippen molar-refractivity contribution in [3.63, 3.8) is 0 Å². The molecule has 1 atom stereocenters. The summed E-state index contributed by atoms with van der Waals surface area (Å²) in [6.45, 7) is 3.58. The fourth-order valence-electron chi connectivity index (χ4n) is 5.17. The molecule has 52 heavy (non-hydrogen) atoms. The van der Waals surface area contributed by atoms with Gasteiger partial charge in [0, 0.05) is 12.8 Å². The lowest BCUT2D eigenvalue weighted by molar-refractivity contribution is -0.161. The molecule has 0 rings (SSSR count). The number of carbonyl (C=O) groups is 2. The van der Waals surface area contributed by atoms with Gasteiger partial charge in [-0.3, -0.25) is 14.1 Å². The molecule has 0 aliphatic heterocycles. The molecule has 0 radical (unpaired) electrons. The maximum absolute atomic E-state index is 12.4. The second kappa shape index (κ2) is 38.2. The molecule has 0 saturated heterocycles. The van der Waals surface area contributed by atoms with Crippen LogP contribution in [0.3, 0.4) is 0 Å². The number of allylic oxidation sites excluding steroid dienone is 12. The minimum absolute atomic E-state index is 0.183. The van der Waals surface area contributed by atoms with Gasteiger partial charge in [0.05, 0.1) is 6.61 Å². The van der Waals surface area contributed by atoms with Crippen LogP contribution in [-0.4, -0.2) is 41.0 Å². The molecule has 8 nitrogen and oxygen atoms in total. The Balaban J connectivity index is 4.05. The van der Waals surface area contributed by atoms with E-state index in [0.29, 0.717) is 12.8 Å². The number of hydrogen-bond donors (Lipinski definition) is 2. The van der Waals surface area contributed by atoms with Gasteiger partial charge < -0.3 is 19.3 Å². The van der Waals surface area contributed by atoms with E-state index < -0.39 is 32.5 Å². The van der Waals surface area contributed by atoms with Crippen molar-refractivity contribution in [1.29, 1.82) is 0 Å². The quantitative estimate of drug-likeness (QED) is 0.0214. The van der Waals surface area contributed by atoms with E-state index in [2.05, 4.69) is 91.3 Å². The Morgan fingerprint density at radius 3 is 1.46 bits per heavy atom. The van der Waals surface area contributed by atoms with Crippen LogP contribution < -0.4 is 0 Å². The molecule has 0 amide bonds. The van der Waals surface area contributed by atoms with Gasteiger partial charge in [-0.05, 0) is 83.5 Å². The minimum Gasteiger partial charge on any atom is -0.462 e. The first-order chi connectivity index (χ1) is 25.3. The fourth-order valence-corrected chi connectivity index (χ4v) is 5.53. The van der Waals surface area contributed by atoms with Gasteiger partial charge in [-0.2, -0.15) is 0 Å². The van der Waals surface area contributed by atoms with E-state index in [1.165, 1.54) is 51.4 Å². The molecule has 0 aromatic carbocycles. The summed E-state index contributed by atoms with van der Waals surface area (Å²) in [6, 6.07) is 0. The van der Waals surface area contributed by atoms with Crippen LogP contribution in [-0.2, 0) is 28.2 Å². The molecule has 0 aliphatic carbocycles. The molecule has 0 aromatic rings. The van der Waals surface area contributed by atoms with E-state index in [4.69, 9.17) is 19.3 Å². The SMILES string of the molecule is CCCCC/C=C/C/C=C/C/C=C/C/C=C/CCCCCC(=O)OC[C@H](COP(=O)(O)O)OC(=O)CCCCCCC/C=C/C=C/CCCCCC. The average Bonchev–Trinajstić information content (AvgIpc) is 3.11. The zero-order chi connectivity index (χ0) is 38.2. The average molecular weight is 749 g/mol. The van der Waals surface area contributed by atoms with Crippen LogP contribution >= 0.6 is 7.82 Å². The lowest BCUT2D eigenvalue weighted by Crippen LogP contribution is -2.29. The lowest BCUT2D eigenvalue weighted by atomic mass is 10.1. The molecule has 0 unspecified atom stereocenters. The van der Waals surface area contributed by atoms with Crippen molar-refractivity contribution >= 4 is 19.8 Å². The van der Waals surface area contributed by atoms with Gasteiger partial charge in [0.25, 0.3) is 0 Å². The lowest BCUT2D eigenvalue weighted by Gasteiger charge is -2.18. The summed E-state index contributed by atoms with van der Waals surface area (Å²) in [6.07, 6.45) is 49.0. The summed E-state index contributed by atoms with van der Waals surface area (Å²) >= 11 is 0. The molecule has 0 fully saturated rings. The summed E-state index contributed by atoms with van der Waals surface area (Å²) in [4.78, 5) is 42.8. The summed E-state index contributed by atoms with van der Waals surface area (Å²) in [5.41, 5.74) is 0. The van der Waals surface area contributed by atoms with Crippen molar-refractivity contribution < 1.29 is 37.9 Å². The molecule has 0 bridgehead atoms. The molecule has 9 heteroatoms. The molecular formula is C43H73O8P. The Kier molecular flexibility index (Phi) is 36.4. The maximum atomic E-state index is 12.4. The van der Waals surface area contributed by atoms with E-state index >= 15 is 0 Å². The highest BCUT2D eigenvalue weighted by Gasteiger charge is 2.22. The van der Waals surface area contributed by atoms with Crippen LogP contribution in [0.4, 0.5) is 0 Å².